The number of rotatable bonds is 4. The number of hydrogen-bond donors (Lipinski definition) is 0. The highest BCUT2D eigenvalue weighted by molar-refractivity contribution is 7.92. The van der Waals surface area contributed by atoms with Crippen molar-refractivity contribution in [1.82, 2.24) is 4.31 Å². The van der Waals surface area contributed by atoms with Gasteiger partial charge in [-0.05, 0) is 37.1 Å². The lowest BCUT2D eigenvalue weighted by molar-refractivity contribution is 0.393. The lowest BCUT2D eigenvalue weighted by Gasteiger charge is -2.23. The molecule has 0 bridgehead atoms. The first-order chi connectivity index (χ1) is 9.67. The Balaban J connectivity index is 2.31. The van der Waals surface area contributed by atoms with E-state index in [0.717, 1.165) is 0 Å². The van der Waals surface area contributed by atoms with Crippen LogP contribution in [0.15, 0.2) is 23.1 Å². The third kappa shape index (κ3) is 3.22. The van der Waals surface area contributed by atoms with Crippen LogP contribution in [0.2, 0.25) is 0 Å². The van der Waals surface area contributed by atoms with Crippen LogP contribution in [0.1, 0.15) is 12.0 Å². The van der Waals surface area contributed by atoms with Crippen molar-refractivity contribution in [2.45, 2.75) is 24.3 Å². The first-order valence-electron chi connectivity index (χ1n) is 6.50. The fraction of sp³-hybridized carbons (Fsp3) is 0.538. The first kappa shape index (κ1) is 16.3. The van der Waals surface area contributed by atoms with Crippen LogP contribution in [0, 0.1) is 6.92 Å². The van der Waals surface area contributed by atoms with Gasteiger partial charge >= 0.3 is 0 Å². The summed E-state index contributed by atoms with van der Waals surface area (Å²) in [6.45, 7) is 1.76. The van der Waals surface area contributed by atoms with Crippen LogP contribution < -0.4 is 4.74 Å². The van der Waals surface area contributed by atoms with Gasteiger partial charge in [-0.15, -0.1) is 0 Å². The Bertz CT molecular complexity index is 740. The second-order valence-electron chi connectivity index (χ2n) is 5.21. The molecule has 8 heteroatoms. The molecule has 0 unspecified atom stereocenters. The summed E-state index contributed by atoms with van der Waals surface area (Å²) in [7, 11) is -3.88. The molecule has 1 heterocycles. The number of nitrogens with zero attached hydrogens (tertiary/aromatic N) is 1. The molecule has 0 saturated carbocycles. The molecule has 0 spiro atoms. The van der Waals surface area contributed by atoms with E-state index >= 15 is 0 Å². The van der Waals surface area contributed by atoms with Crippen molar-refractivity contribution in [2.24, 2.45) is 0 Å². The highest BCUT2D eigenvalue weighted by Gasteiger charge is 2.36. The smallest absolute Gasteiger partial charge is 0.243 e. The van der Waals surface area contributed by atoms with Crippen molar-refractivity contribution in [3.8, 4) is 5.75 Å². The minimum absolute atomic E-state index is 0.0408. The van der Waals surface area contributed by atoms with Gasteiger partial charge in [0.2, 0.25) is 10.0 Å². The number of aryl methyl sites for hydroxylation is 1. The van der Waals surface area contributed by atoms with Crippen molar-refractivity contribution in [2.75, 3.05) is 25.7 Å². The van der Waals surface area contributed by atoms with Gasteiger partial charge in [0.15, 0.2) is 9.84 Å². The molecule has 2 rings (SSSR count). The standard InChI is InChI=1S/C13H19NO5S2/c1-10-8-12(4-5-13(10)19-3)21(17,18)14(2)11-6-7-20(15,16)9-11/h4-5,8,11H,6-7,9H2,1-3H3/t11-/m1/s1. The van der Waals surface area contributed by atoms with E-state index in [-0.39, 0.29) is 16.4 Å². The summed E-state index contributed by atoms with van der Waals surface area (Å²) >= 11 is 0. The second-order valence-corrected chi connectivity index (χ2v) is 9.44. The molecule has 1 aromatic rings. The average Bonchev–Trinajstić information content (AvgIpc) is 2.77. The van der Waals surface area contributed by atoms with Gasteiger partial charge in [-0.3, -0.25) is 0 Å². The molecule has 1 aliphatic rings. The summed E-state index contributed by atoms with van der Waals surface area (Å²) in [5.41, 5.74) is 0.714. The average molecular weight is 333 g/mol. The van der Waals surface area contributed by atoms with Gasteiger partial charge < -0.3 is 4.74 Å². The molecule has 1 atom stereocenters. The lowest BCUT2D eigenvalue weighted by Crippen LogP contribution is -2.37. The molecule has 0 N–H and O–H groups in total. The summed E-state index contributed by atoms with van der Waals surface area (Å²) in [6, 6.07) is 4.11. The van der Waals surface area contributed by atoms with Crippen molar-refractivity contribution < 1.29 is 21.6 Å². The Hall–Kier alpha value is -1.12. The summed E-state index contributed by atoms with van der Waals surface area (Å²) in [5, 5.41) is 0. The number of hydrogen-bond acceptors (Lipinski definition) is 5. The van der Waals surface area contributed by atoms with Gasteiger partial charge in [-0.1, -0.05) is 0 Å². The molecular weight excluding hydrogens is 314 g/mol. The molecule has 0 radical (unpaired) electrons. The number of sulfone groups is 1. The summed E-state index contributed by atoms with van der Waals surface area (Å²) in [5.74, 6) is 0.539. The maximum absolute atomic E-state index is 12.6. The van der Waals surface area contributed by atoms with Crippen molar-refractivity contribution in [3.05, 3.63) is 23.8 Å². The summed E-state index contributed by atoms with van der Waals surface area (Å²) in [6.07, 6.45) is 0.340. The predicted molar refractivity (Wildman–Crippen MR) is 79.7 cm³/mol. The number of benzene rings is 1. The predicted octanol–water partition coefficient (Wildman–Crippen LogP) is 0.811. The van der Waals surface area contributed by atoms with Gasteiger partial charge in [0.25, 0.3) is 0 Å². The minimum atomic E-state index is -3.71. The monoisotopic (exact) mass is 333 g/mol. The highest BCUT2D eigenvalue weighted by Crippen LogP contribution is 2.26. The third-order valence-corrected chi connectivity index (χ3v) is 7.42. The zero-order chi connectivity index (χ0) is 15.8. The molecule has 21 heavy (non-hydrogen) atoms. The first-order valence-corrected chi connectivity index (χ1v) is 9.76. The quantitative estimate of drug-likeness (QED) is 0.814. The topological polar surface area (TPSA) is 80.8 Å². The number of ether oxygens (including phenoxy) is 1. The Kier molecular flexibility index (Phi) is 4.32. The third-order valence-electron chi connectivity index (χ3n) is 3.77. The van der Waals surface area contributed by atoms with Gasteiger partial charge in [-0.25, -0.2) is 16.8 Å². The van der Waals surface area contributed by atoms with E-state index in [9.17, 15) is 16.8 Å². The number of sulfonamides is 1. The van der Waals surface area contributed by atoms with Crippen LogP contribution in [0.25, 0.3) is 0 Å². The molecule has 0 aromatic heterocycles. The Morgan fingerprint density at radius 1 is 1.33 bits per heavy atom. The van der Waals surface area contributed by atoms with E-state index in [0.29, 0.717) is 17.7 Å². The molecule has 1 fully saturated rings. The van der Waals surface area contributed by atoms with Gasteiger partial charge in [-0.2, -0.15) is 4.31 Å². The van der Waals surface area contributed by atoms with E-state index < -0.39 is 25.9 Å². The molecule has 0 aliphatic carbocycles. The molecule has 6 nitrogen and oxygen atoms in total. The van der Waals surface area contributed by atoms with Crippen molar-refractivity contribution in [3.63, 3.8) is 0 Å². The maximum atomic E-state index is 12.6. The highest BCUT2D eigenvalue weighted by atomic mass is 32.2. The Labute approximate surface area is 125 Å². The molecular formula is C13H19NO5S2. The van der Waals surface area contributed by atoms with Crippen LogP contribution in [0.3, 0.4) is 0 Å². The molecule has 1 saturated heterocycles. The van der Waals surface area contributed by atoms with E-state index in [1.165, 1.54) is 30.6 Å². The van der Waals surface area contributed by atoms with Crippen LogP contribution in [-0.2, 0) is 19.9 Å². The molecule has 0 amide bonds. The van der Waals surface area contributed by atoms with Crippen molar-refractivity contribution >= 4 is 19.9 Å². The maximum Gasteiger partial charge on any atom is 0.243 e. The summed E-state index contributed by atoms with van der Waals surface area (Å²) < 4.78 is 54.4. The van der Waals surface area contributed by atoms with Crippen LogP contribution in [0.5, 0.6) is 5.75 Å². The fourth-order valence-corrected chi connectivity index (χ4v) is 5.78. The van der Waals surface area contributed by atoms with E-state index in [2.05, 4.69) is 0 Å². The van der Waals surface area contributed by atoms with E-state index in [4.69, 9.17) is 4.74 Å². The Morgan fingerprint density at radius 3 is 2.48 bits per heavy atom. The van der Waals surface area contributed by atoms with Gasteiger partial charge in [0.1, 0.15) is 5.75 Å². The van der Waals surface area contributed by atoms with E-state index in [1.807, 2.05) is 0 Å². The van der Waals surface area contributed by atoms with Crippen molar-refractivity contribution in [1.29, 1.82) is 0 Å². The minimum Gasteiger partial charge on any atom is -0.496 e. The normalized spacial score (nSPS) is 21.6. The largest absolute Gasteiger partial charge is 0.496 e. The molecule has 1 aromatic carbocycles. The van der Waals surface area contributed by atoms with Crippen LogP contribution in [0.4, 0.5) is 0 Å². The zero-order valence-corrected chi connectivity index (χ0v) is 13.9. The Morgan fingerprint density at radius 2 is 2.00 bits per heavy atom. The fourth-order valence-electron chi connectivity index (χ4n) is 2.44. The van der Waals surface area contributed by atoms with Crippen LogP contribution >= 0.6 is 0 Å². The van der Waals surface area contributed by atoms with E-state index in [1.54, 1.807) is 13.0 Å². The number of methoxy groups -OCH3 is 1. The lowest BCUT2D eigenvalue weighted by atomic mass is 10.2. The molecule has 118 valence electrons. The molecule has 1 aliphatic heterocycles. The van der Waals surface area contributed by atoms with Gasteiger partial charge in [0.05, 0.1) is 23.5 Å². The SMILES string of the molecule is COc1ccc(S(=O)(=O)N(C)[C@@H]2CCS(=O)(=O)C2)cc1C. The van der Waals surface area contributed by atoms with Gasteiger partial charge in [0, 0.05) is 13.1 Å². The van der Waals surface area contributed by atoms with Crippen LogP contribution in [-0.4, -0.2) is 52.8 Å². The summed E-state index contributed by atoms with van der Waals surface area (Å²) in [4.78, 5) is 0.146. The second kappa shape index (κ2) is 5.58. The zero-order valence-electron chi connectivity index (χ0n) is 12.2.